The number of anilines is 1. The van der Waals surface area contributed by atoms with Gasteiger partial charge in [-0.1, -0.05) is 0 Å². The molecule has 0 fully saturated rings. The number of hydrogen-bond acceptors (Lipinski definition) is 6. The summed E-state index contributed by atoms with van der Waals surface area (Å²) in [7, 11) is 0. The van der Waals surface area contributed by atoms with Crippen molar-refractivity contribution in [1.29, 1.82) is 0 Å². The van der Waals surface area contributed by atoms with Gasteiger partial charge in [-0.15, -0.1) is 0 Å². The Morgan fingerprint density at radius 2 is 1.90 bits per heavy atom. The second-order valence-corrected chi connectivity index (χ2v) is 8.05. The number of carbonyl (C=O) groups is 2. The zero-order valence-corrected chi connectivity index (χ0v) is 17.6. The Labute approximate surface area is 179 Å². The van der Waals surface area contributed by atoms with E-state index in [0.29, 0.717) is 32.4 Å². The topological polar surface area (TPSA) is 127 Å². The molecule has 0 amide bonds. The van der Waals surface area contributed by atoms with Crippen LogP contribution < -0.4 is 10.3 Å². The average Bonchev–Trinajstić information content (AvgIpc) is 3.21. The van der Waals surface area contributed by atoms with Gasteiger partial charge in [0.25, 0.3) is 5.56 Å². The van der Waals surface area contributed by atoms with Crippen LogP contribution in [0.25, 0.3) is 21.8 Å². The van der Waals surface area contributed by atoms with Crippen LogP contribution in [0.1, 0.15) is 34.6 Å². The zero-order chi connectivity index (χ0) is 22.1. The number of fused-ring (bicyclic) bond motifs is 3. The highest BCUT2D eigenvalue weighted by Gasteiger charge is 2.19. The number of rotatable bonds is 6. The molecule has 2 aromatic carbocycles. The third-order valence-corrected chi connectivity index (χ3v) is 5.95. The van der Waals surface area contributed by atoms with E-state index in [1.165, 1.54) is 13.1 Å². The monoisotopic (exact) mass is 437 g/mol. The van der Waals surface area contributed by atoms with Crippen LogP contribution >= 0.6 is 0 Å². The lowest BCUT2D eigenvalue weighted by Gasteiger charge is -2.12. The number of aromatic amines is 2. The molecular formula is C22H19N3O5S. The Morgan fingerprint density at radius 1 is 1.16 bits per heavy atom. The number of pyridine rings is 1. The first-order valence-electron chi connectivity index (χ1n) is 9.52. The van der Waals surface area contributed by atoms with Crippen LogP contribution in [0, 0.1) is 0 Å². The number of H-pyrrole nitrogens is 2. The molecule has 158 valence electrons. The third-order valence-electron chi connectivity index (χ3n) is 4.83. The molecule has 2 heterocycles. The molecule has 0 aliphatic carbocycles. The van der Waals surface area contributed by atoms with Crippen molar-refractivity contribution in [2.45, 2.75) is 18.7 Å². The Bertz CT molecular complexity index is 1360. The second kappa shape index (κ2) is 8.29. The first kappa shape index (κ1) is 20.7. The van der Waals surface area contributed by atoms with E-state index in [1.54, 1.807) is 49.4 Å². The van der Waals surface area contributed by atoms with E-state index in [1.807, 2.05) is 0 Å². The number of aromatic nitrogens is 2. The van der Waals surface area contributed by atoms with Gasteiger partial charge in [-0.25, -0.2) is 9.52 Å². The summed E-state index contributed by atoms with van der Waals surface area (Å²) in [4.78, 5) is 42.3. The summed E-state index contributed by atoms with van der Waals surface area (Å²) in [6.07, 6.45) is 1.45. The maximum Gasteiger partial charge on any atom is 0.340 e. The average molecular weight is 437 g/mol. The van der Waals surface area contributed by atoms with E-state index in [4.69, 9.17) is 4.74 Å². The Balaban J connectivity index is 1.74. The van der Waals surface area contributed by atoms with Crippen molar-refractivity contribution in [2.75, 3.05) is 11.3 Å². The van der Waals surface area contributed by atoms with Gasteiger partial charge >= 0.3 is 5.97 Å². The van der Waals surface area contributed by atoms with E-state index in [0.717, 1.165) is 0 Å². The normalized spacial score (nSPS) is 12.1. The molecule has 0 spiro atoms. The maximum atomic E-state index is 12.7. The molecule has 9 heteroatoms. The molecule has 2 aromatic heterocycles. The predicted molar refractivity (Wildman–Crippen MR) is 119 cm³/mol. The molecule has 0 radical (unpaired) electrons. The highest BCUT2D eigenvalue weighted by molar-refractivity contribution is 7.92. The second-order valence-electron chi connectivity index (χ2n) is 6.84. The van der Waals surface area contributed by atoms with E-state index in [9.17, 15) is 18.9 Å². The fourth-order valence-electron chi connectivity index (χ4n) is 3.34. The third kappa shape index (κ3) is 3.92. The molecule has 8 nitrogen and oxygen atoms in total. The van der Waals surface area contributed by atoms with Crippen molar-refractivity contribution in [1.82, 2.24) is 9.97 Å². The van der Waals surface area contributed by atoms with Crippen LogP contribution in [0.15, 0.2) is 58.4 Å². The van der Waals surface area contributed by atoms with Gasteiger partial charge in [0.1, 0.15) is 16.9 Å². The number of ether oxygens (including phenoxy) is 1. The molecule has 0 bridgehead atoms. The standard InChI is InChI=1S/C22H19N3O5S/c1-3-30-22(28)17-11-23-20-19(17)16-10-14(6-9-18(16)24-21(20)27)25-31(29)15-7-4-13(5-8-15)12(2)26/h4-11,23,25H,3H2,1-2H3,(H,24,27). The number of ketones is 1. The molecule has 1 unspecified atom stereocenters. The SMILES string of the molecule is CCOC(=O)c1c[nH]c2c(=O)[nH]c3ccc(N[S+]([O-])c4ccc(C(C)=O)cc4)cc3c12. The number of carbonyl (C=O) groups excluding carboxylic acids is 2. The van der Waals surface area contributed by atoms with E-state index >= 15 is 0 Å². The molecule has 0 saturated carbocycles. The Kier molecular flexibility index (Phi) is 5.53. The van der Waals surface area contributed by atoms with Crippen LogP contribution in [0.5, 0.6) is 0 Å². The molecule has 1 atom stereocenters. The first-order valence-corrected chi connectivity index (χ1v) is 10.7. The maximum absolute atomic E-state index is 12.7. The predicted octanol–water partition coefficient (Wildman–Crippen LogP) is 3.52. The fraction of sp³-hybridized carbons (Fsp3) is 0.136. The molecule has 0 aliphatic heterocycles. The van der Waals surface area contributed by atoms with Gasteiger partial charge in [-0.3, -0.25) is 9.59 Å². The van der Waals surface area contributed by atoms with Crippen LogP contribution in [-0.4, -0.2) is 32.9 Å². The summed E-state index contributed by atoms with van der Waals surface area (Å²) < 4.78 is 20.8. The molecule has 31 heavy (non-hydrogen) atoms. The summed E-state index contributed by atoms with van der Waals surface area (Å²) in [6, 6.07) is 11.6. The summed E-state index contributed by atoms with van der Waals surface area (Å²) >= 11 is -1.58. The molecule has 4 aromatic rings. The molecule has 0 aliphatic rings. The Morgan fingerprint density at radius 3 is 2.58 bits per heavy atom. The van der Waals surface area contributed by atoms with Gasteiger partial charge in [0.15, 0.2) is 10.7 Å². The lowest BCUT2D eigenvalue weighted by molar-refractivity contribution is 0.0528. The van der Waals surface area contributed by atoms with Crippen LogP contribution in [0.3, 0.4) is 0 Å². The number of nitrogens with one attached hydrogen (secondary N) is 3. The largest absolute Gasteiger partial charge is 0.588 e. The van der Waals surface area contributed by atoms with Crippen molar-refractivity contribution in [3.05, 3.63) is 70.1 Å². The van der Waals surface area contributed by atoms with Crippen LogP contribution in [-0.2, 0) is 16.1 Å². The van der Waals surface area contributed by atoms with Gasteiger partial charge in [-0.05, 0) is 56.3 Å². The highest BCUT2D eigenvalue weighted by Crippen LogP contribution is 2.28. The van der Waals surface area contributed by atoms with Crippen LogP contribution in [0.2, 0.25) is 0 Å². The lowest BCUT2D eigenvalue weighted by Crippen LogP contribution is -2.13. The smallest absolute Gasteiger partial charge is 0.340 e. The van der Waals surface area contributed by atoms with Crippen molar-refractivity contribution >= 4 is 50.6 Å². The molecule has 4 rings (SSSR count). The van der Waals surface area contributed by atoms with Gasteiger partial charge in [-0.2, -0.15) is 0 Å². The summed E-state index contributed by atoms with van der Waals surface area (Å²) in [5, 5.41) is 1.05. The summed E-state index contributed by atoms with van der Waals surface area (Å²) in [5.74, 6) is -0.602. The van der Waals surface area contributed by atoms with Gasteiger partial charge in [0.2, 0.25) is 0 Å². The molecule has 3 N–H and O–H groups in total. The van der Waals surface area contributed by atoms with Crippen LogP contribution in [0.4, 0.5) is 5.69 Å². The van der Waals surface area contributed by atoms with Crippen molar-refractivity contribution in [2.24, 2.45) is 0 Å². The molecule has 0 saturated heterocycles. The minimum Gasteiger partial charge on any atom is -0.588 e. The van der Waals surface area contributed by atoms with Crippen molar-refractivity contribution in [3.8, 4) is 0 Å². The van der Waals surface area contributed by atoms with Crippen molar-refractivity contribution < 1.29 is 18.9 Å². The van der Waals surface area contributed by atoms with E-state index < -0.39 is 17.3 Å². The van der Waals surface area contributed by atoms with Crippen molar-refractivity contribution in [3.63, 3.8) is 0 Å². The van der Waals surface area contributed by atoms with Gasteiger partial charge in [0, 0.05) is 28.0 Å². The first-order chi connectivity index (χ1) is 14.9. The zero-order valence-electron chi connectivity index (χ0n) is 16.8. The summed E-state index contributed by atoms with van der Waals surface area (Å²) in [5.41, 5.74) is 1.76. The summed E-state index contributed by atoms with van der Waals surface area (Å²) in [6.45, 7) is 3.38. The quantitative estimate of drug-likeness (QED) is 0.241. The number of hydrogen-bond donors (Lipinski definition) is 3. The number of esters is 1. The van der Waals surface area contributed by atoms with Gasteiger partial charge < -0.3 is 19.3 Å². The number of Topliss-reactive ketones (excluding diaryl/α,β-unsaturated/α-hetero) is 1. The van der Waals surface area contributed by atoms with Gasteiger partial charge in [0.05, 0.1) is 17.9 Å². The Hall–Kier alpha value is -3.56. The minimum atomic E-state index is -1.58. The number of benzene rings is 2. The molecular weight excluding hydrogens is 418 g/mol. The van der Waals surface area contributed by atoms with E-state index in [2.05, 4.69) is 14.7 Å². The van der Waals surface area contributed by atoms with E-state index in [-0.39, 0.29) is 29.0 Å². The lowest BCUT2D eigenvalue weighted by atomic mass is 10.1. The minimum absolute atomic E-state index is 0.0678. The highest BCUT2D eigenvalue weighted by atomic mass is 32.2. The fourth-order valence-corrected chi connectivity index (χ4v) is 4.18.